The topological polar surface area (TPSA) is 99.1 Å². The summed E-state index contributed by atoms with van der Waals surface area (Å²) >= 11 is 6.15. The first-order valence-corrected chi connectivity index (χ1v) is 12.7. The van der Waals surface area contributed by atoms with E-state index in [9.17, 15) is 18.3 Å². The second-order valence-electron chi connectivity index (χ2n) is 8.83. The summed E-state index contributed by atoms with van der Waals surface area (Å²) in [5.74, 6) is -0.338. The van der Waals surface area contributed by atoms with Gasteiger partial charge in [0.2, 0.25) is 5.91 Å². The molecule has 0 saturated heterocycles. The summed E-state index contributed by atoms with van der Waals surface area (Å²) < 4.78 is 30.1. The number of hydrogen-bond donors (Lipinski definition) is 2. The molecule has 2 N–H and O–H groups in total. The molecule has 0 aliphatic carbocycles. The average molecular weight is 514 g/mol. The van der Waals surface area contributed by atoms with Crippen LogP contribution in [0.5, 0.6) is 0 Å². The van der Waals surface area contributed by atoms with Gasteiger partial charge in [-0.15, -0.1) is 4.40 Å². The van der Waals surface area contributed by atoms with Crippen LogP contribution in [0, 0.1) is 0 Å². The number of halogens is 1. The number of aliphatic hydroxyl groups is 1. The van der Waals surface area contributed by atoms with Gasteiger partial charge in [-0.05, 0) is 54.8 Å². The molecule has 0 saturated carbocycles. The van der Waals surface area contributed by atoms with E-state index in [0.717, 1.165) is 0 Å². The van der Waals surface area contributed by atoms with E-state index in [0.29, 0.717) is 33.0 Å². The molecule has 35 heavy (non-hydrogen) atoms. The highest BCUT2D eigenvalue weighted by Gasteiger charge is 2.22. The first-order chi connectivity index (χ1) is 16.4. The van der Waals surface area contributed by atoms with Crippen molar-refractivity contribution in [2.45, 2.75) is 30.8 Å². The zero-order valence-corrected chi connectivity index (χ0v) is 21.6. The number of hydrogen-bond acceptors (Lipinski definition) is 4. The maximum Gasteiger partial charge on any atom is 0.284 e. The Kier molecular flexibility index (Phi) is 8.00. The van der Waals surface area contributed by atoms with Gasteiger partial charge in [0.15, 0.2) is 0 Å². The Balaban J connectivity index is 2.04. The third kappa shape index (κ3) is 6.91. The van der Waals surface area contributed by atoms with Gasteiger partial charge in [0.25, 0.3) is 10.0 Å². The summed E-state index contributed by atoms with van der Waals surface area (Å²) in [6.45, 7) is 3.31. The van der Waals surface area contributed by atoms with E-state index >= 15 is 0 Å². The molecule has 0 fully saturated rings. The molecule has 0 radical (unpaired) electrons. The quantitative estimate of drug-likeness (QED) is 0.336. The van der Waals surface area contributed by atoms with Crippen LogP contribution < -0.4 is 5.32 Å². The highest BCUT2D eigenvalue weighted by molar-refractivity contribution is 7.90. The Morgan fingerprint density at radius 1 is 1.09 bits per heavy atom. The van der Waals surface area contributed by atoms with Crippen LogP contribution in [-0.2, 0) is 26.8 Å². The van der Waals surface area contributed by atoms with E-state index in [1.807, 2.05) is 0 Å². The van der Waals surface area contributed by atoms with E-state index < -0.39 is 15.6 Å². The Morgan fingerprint density at radius 2 is 1.80 bits per heavy atom. The van der Waals surface area contributed by atoms with E-state index in [1.54, 1.807) is 88.6 Å². The predicted molar refractivity (Wildman–Crippen MR) is 140 cm³/mol. The van der Waals surface area contributed by atoms with Crippen LogP contribution in [0.2, 0.25) is 5.02 Å². The van der Waals surface area contributed by atoms with Crippen LogP contribution in [0.15, 0.2) is 76.0 Å². The number of nitrogens with one attached hydrogen (secondary N) is 1. The lowest BCUT2D eigenvalue weighted by Crippen LogP contribution is -2.16. The van der Waals surface area contributed by atoms with E-state index in [1.165, 1.54) is 17.3 Å². The fourth-order valence-electron chi connectivity index (χ4n) is 3.35. The van der Waals surface area contributed by atoms with Crippen molar-refractivity contribution in [2.75, 3.05) is 19.4 Å². The molecule has 3 aromatic carbocycles. The fraction of sp³-hybridized carbons (Fsp3) is 0.231. The summed E-state index contributed by atoms with van der Waals surface area (Å²) in [5.41, 5.74) is 1.49. The van der Waals surface area contributed by atoms with Crippen molar-refractivity contribution >= 4 is 39.6 Å². The van der Waals surface area contributed by atoms with Gasteiger partial charge in [-0.3, -0.25) is 4.79 Å². The molecular formula is C26H28ClN3O4S. The molecule has 9 heteroatoms. The van der Waals surface area contributed by atoms with Crippen molar-refractivity contribution in [3.8, 4) is 11.1 Å². The SMILES string of the molecule is CN(C)/C=N/S(=O)(=O)c1cc(NC(=O)Cc2ccccc2Cl)ccc1-c1cccc(C(C)(C)O)c1. The molecule has 0 atom stereocenters. The summed E-state index contributed by atoms with van der Waals surface area (Å²) in [6, 6.07) is 18.7. The molecular weight excluding hydrogens is 486 g/mol. The first kappa shape index (κ1) is 26.4. The van der Waals surface area contributed by atoms with Crippen molar-refractivity contribution in [1.29, 1.82) is 0 Å². The summed E-state index contributed by atoms with van der Waals surface area (Å²) in [7, 11) is -0.784. The van der Waals surface area contributed by atoms with E-state index in [4.69, 9.17) is 11.6 Å². The van der Waals surface area contributed by atoms with Crippen molar-refractivity contribution < 1.29 is 18.3 Å². The molecule has 0 spiro atoms. The van der Waals surface area contributed by atoms with Gasteiger partial charge in [-0.25, -0.2) is 0 Å². The van der Waals surface area contributed by atoms with E-state index in [2.05, 4.69) is 9.71 Å². The maximum absolute atomic E-state index is 13.2. The standard InChI is InChI=1S/C26H28ClN3O4S/c1-26(2,32)20-10-7-9-18(14-20)22-13-12-21(16-24(22)35(33,34)28-17-30(3)4)29-25(31)15-19-8-5-6-11-23(19)27/h5-14,16-17,32H,15H2,1-4H3,(H,29,31)/b28-17+. The van der Waals surface area contributed by atoms with Crippen LogP contribution in [0.4, 0.5) is 5.69 Å². The fourth-order valence-corrected chi connectivity index (χ4v) is 4.72. The van der Waals surface area contributed by atoms with Crippen molar-refractivity contribution in [3.63, 3.8) is 0 Å². The molecule has 0 unspecified atom stereocenters. The molecule has 0 aromatic heterocycles. The largest absolute Gasteiger partial charge is 0.386 e. The first-order valence-electron chi connectivity index (χ1n) is 10.8. The lowest BCUT2D eigenvalue weighted by molar-refractivity contribution is -0.115. The molecule has 7 nitrogen and oxygen atoms in total. The predicted octanol–water partition coefficient (Wildman–Crippen LogP) is 4.69. The number of benzene rings is 3. The molecule has 184 valence electrons. The Morgan fingerprint density at radius 3 is 2.46 bits per heavy atom. The summed E-state index contributed by atoms with van der Waals surface area (Å²) in [5, 5.41) is 13.6. The third-order valence-electron chi connectivity index (χ3n) is 5.15. The minimum absolute atomic E-state index is 0.0376. The Labute approximate surface area is 211 Å². The van der Waals surface area contributed by atoms with Crippen LogP contribution in [0.25, 0.3) is 11.1 Å². The van der Waals surface area contributed by atoms with Crippen molar-refractivity contribution in [2.24, 2.45) is 4.40 Å². The Hall–Kier alpha value is -3.20. The number of nitrogens with zero attached hydrogens (tertiary/aromatic N) is 2. The number of anilines is 1. The summed E-state index contributed by atoms with van der Waals surface area (Å²) in [4.78, 5) is 14.1. The van der Waals surface area contributed by atoms with Gasteiger partial charge in [0.05, 0.1) is 16.9 Å². The van der Waals surface area contributed by atoms with Gasteiger partial charge >= 0.3 is 0 Å². The lowest BCUT2D eigenvalue weighted by atomic mass is 9.94. The normalized spacial score (nSPS) is 12.1. The maximum atomic E-state index is 13.2. The number of carbonyl (C=O) groups excluding carboxylic acids is 1. The molecule has 3 rings (SSSR count). The van der Waals surface area contributed by atoms with Crippen LogP contribution >= 0.6 is 11.6 Å². The second-order valence-corrected chi connectivity index (χ2v) is 10.8. The zero-order valence-electron chi connectivity index (χ0n) is 20.0. The average Bonchev–Trinajstić information content (AvgIpc) is 2.79. The highest BCUT2D eigenvalue weighted by Crippen LogP contribution is 2.33. The molecule has 3 aromatic rings. The number of carbonyl (C=O) groups is 1. The highest BCUT2D eigenvalue weighted by atomic mass is 35.5. The van der Waals surface area contributed by atoms with Crippen LogP contribution in [-0.4, -0.2) is 44.8 Å². The Bertz CT molecular complexity index is 1360. The van der Waals surface area contributed by atoms with Gasteiger partial charge < -0.3 is 15.3 Å². The van der Waals surface area contributed by atoms with Gasteiger partial charge in [-0.1, -0.05) is 54.1 Å². The van der Waals surface area contributed by atoms with Gasteiger partial charge in [0, 0.05) is 30.4 Å². The number of rotatable bonds is 8. The molecule has 0 heterocycles. The molecule has 0 aliphatic rings. The number of sulfonamides is 1. The van der Waals surface area contributed by atoms with Gasteiger partial charge in [-0.2, -0.15) is 8.42 Å². The van der Waals surface area contributed by atoms with Crippen molar-refractivity contribution in [1.82, 2.24) is 4.90 Å². The van der Waals surface area contributed by atoms with Gasteiger partial charge in [0.1, 0.15) is 6.34 Å². The minimum Gasteiger partial charge on any atom is -0.386 e. The number of amides is 1. The molecule has 0 bridgehead atoms. The third-order valence-corrected chi connectivity index (χ3v) is 6.78. The molecule has 1 amide bonds. The summed E-state index contributed by atoms with van der Waals surface area (Å²) in [6.07, 6.45) is 1.24. The zero-order chi connectivity index (χ0) is 25.8. The van der Waals surface area contributed by atoms with Crippen LogP contribution in [0.1, 0.15) is 25.0 Å². The molecule has 0 aliphatic heterocycles. The van der Waals surface area contributed by atoms with E-state index in [-0.39, 0.29) is 17.2 Å². The second kappa shape index (κ2) is 10.6. The monoisotopic (exact) mass is 513 g/mol. The van der Waals surface area contributed by atoms with Crippen molar-refractivity contribution in [3.05, 3.63) is 82.9 Å². The smallest absolute Gasteiger partial charge is 0.284 e. The van der Waals surface area contributed by atoms with Crippen LogP contribution in [0.3, 0.4) is 0 Å². The minimum atomic E-state index is -4.11. The lowest BCUT2D eigenvalue weighted by Gasteiger charge is -2.19.